The second-order valence-corrected chi connectivity index (χ2v) is 9.57. The van der Waals surface area contributed by atoms with Crippen LogP contribution in [0.1, 0.15) is 37.3 Å². The number of nitrogens with zero attached hydrogens (tertiary/aromatic N) is 2. The first-order chi connectivity index (χ1) is 14.0. The fourth-order valence-electron chi connectivity index (χ4n) is 4.68. The van der Waals surface area contributed by atoms with Crippen LogP contribution in [0.25, 0.3) is 0 Å². The van der Waals surface area contributed by atoms with Gasteiger partial charge in [0.2, 0.25) is 0 Å². The van der Waals surface area contributed by atoms with Crippen LogP contribution in [0.2, 0.25) is 15.1 Å². The zero-order chi connectivity index (χ0) is 20.4. The largest absolute Gasteiger partial charge is 0.393 e. The van der Waals surface area contributed by atoms with Crippen molar-refractivity contribution in [2.75, 3.05) is 31.1 Å². The number of hydrogen-bond acceptors (Lipinski definition) is 3. The number of hydrogen-bond donors (Lipinski definition) is 1. The maximum absolute atomic E-state index is 9.78. The van der Waals surface area contributed by atoms with Crippen LogP contribution in [0.15, 0.2) is 42.5 Å². The molecule has 0 spiro atoms. The Hall–Kier alpha value is -0.970. The molecule has 2 heterocycles. The lowest BCUT2D eigenvalue weighted by Crippen LogP contribution is -2.45. The standard InChI is InChI=1S/C23H27Cl3N2O/c24-17-2-5-19(6-3-17)28-15-16(14-27-11-9-20(29)10-12-27)1-8-23(28)21-7-4-18(25)13-22(21)26/h2-7,13,16,20,23,29H,1,8-12,14-15H2/t16-,23-/m0/s1. The molecule has 0 unspecified atom stereocenters. The normalized spacial score (nSPS) is 24.1. The third-order valence-corrected chi connectivity index (χ3v) is 7.05. The number of benzene rings is 2. The summed E-state index contributed by atoms with van der Waals surface area (Å²) in [4.78, 5) is 4.98. The number of rotatable bonds is 4. The van der Waals surface area contributed by atoms with E-state index in [1.165, 1.54) is 5.69 Å². The Bertz CT molecular complexity index is 821. The van der Waals surface area contributed by atoms with Crippen LogP contribution in [0.3, 0.4) is 0 Å². The molecule has 0 aliphatic carbocycles. The van der Waals surface area contributed by atoms with Crippen molar-refractivity contribution in [3.63, 3.8) is 0 Å². The van der Waals surface area contributed by atoms with Gasteiger partial charge in [-0.1, -0.05) is 40.9 Å². The van der Waals surface area contributed by atoms with E-state index in [2.05, 4.69) is 28.0 Å². The molecule has 0 radical (unpaired) electrons. The minimum atomic E-state index is -0.125. The molecule has 0 amide bonds. The third-order valence-electron chi connectivity index (χ3n) is 6.23. The molecule has 4 rings (SSSR count). The van der Waals surface area contributed by atoms with Gasteiger partial charge in [0.05, 0.1) is 12.1 Å². The molecule has 2 saturated heterocycles. The molecule has 2 aliphatic rings. The van der Waals surface area contributed by atoms with Crippen LogP contribution in [0.5, 0.6) is 0 Å². The maximum Gasteiger partial charge on any atom is 0.0564 e. The van der Waals surface area contributed by atoms with E-state index in [9.17, 15) is 5.11 Å². The summed E-state index contributed by atoms with van der Waals surface area (Å²) in [5.74, 6) is 0.586. The molecule has 1 N–H and O–H groups in total. The van der Waals surface area contributed by atoms with Gasteiger partial charge in [0.25, 0.3) is 0 Å². The number of aliphatic hydroxyl groups excluding tert-OH is 1. The summed E-state index contributed by atoms with van der Waals surface area (Å²) in [5.41, 5.74) is 2.30. The van der Waals surface area contributed by atoms with E-state index in [-0.39, 0.29) is 12.1 Å². The van der Waals surface area contributed by atoms with Crippen molar-refractivity contribution in [3.05, 3.63) is 63.1 Å². The van der Waals surface area contributed by atoms with Crippen LogP contribution in [-0.2, 0) is 0 Å². The second kappa shape index (κ2) is 9.45. The topological polar surface area (TPSA) is 26.7 Å². The maximum atomic E-state index is 9.78. The van der Waals surface area contributed by atoms with E-state index in [4.69, 9.17) is 34.8 Å². The van der Waals surface area contributed by atoms with Crippen molar-refractivity contribution in [1.82, 2.24) is 4.90 Å². The SMILES string of the molecule is OC1CCN(C[C@@H]2CC[C@@H](c3ccc(Cl)cc3Cl)N(c3ccc(Cl)cc3)C2)CC1. The Morgan fingerprint density at radius 3 is 2.24 bits per heavy atom. The number of halogens is 3. The van der Waals surface area contributed by atoms with E-state index in [1.807, 2.05) is 24.3 Å². The van der Waals surface area contributed by atoms with Gasteiger partial charge in [-0.3, -0.25) is 0 Å². The Kier molecular flexibility index (Phi) is 6.93. The smallest absolute Gasteiger partial charge is 0.0564 e. The van der Waals surface area contributed by atoms with Gasteiger partial charge in [0, 0.05) is 46.9 Å². The third kappa shape index (κ3) is 5.21. The zero-order valence-electron chi connectivity index (χ0n) is 16.4. The Balaban J connectivity index is 1.55. The van der Waals surface area contributed by atoms with Gasteiger partial charge in [0.15, 0.2) is 0 Å². The molecule has 156 valence electrons. The lowest BCUT2D eigenvalue weighted by molar-refractivity contribution is 0.0724. The Labute approximate surface area is 188 Å². The summed E-state index contributed by atoms with van der Waals surface area (Å²) in [5, 5.41) is 11.9. The van der Waals surface area contributed by atoms with Crippen molar-refractivity contribution in [3.8, 4) is 0 Å². The van der Waals surface area contributed by atoms with E-state index in [1.54, 1.807) is 0 Å². The summed E-state index contributed by atoms with van der Waals surface area (Å²) in [6.45, 7) is 4.04. The van der Waals surface area contributed by atoms with Gasteiger partial charge in [-0.05, 0) is 73.6 Å². The second-order valence-electron chi connectivity index (χ2n) is 8.29. The summed E-state index contributed by atoms with van der Waals surface area (Å²) in [6.07, 6.45) is 3.85. The molecular formula is C23H27Cl3N2O. The van der Waals surface area contributed by atoms with Crippen molar-refractivity contribution in [1.29, 1.82) is 0 Å². The van der Waals surface area contributed by atoms with Gasteiger partial charge in [0.1, 0.15) is 0 Å². The molecule has 2 aliphatic heterocycles. The Morgan fingerprint density at radius 1 is 0.862 bits per heavy atom. The molecule has 0 saturated carbocycles. The molecule has 2 aromatic rings. The summed E-state index contributed by atoms with van der Waals surface area (Å²) >= 11 is 18.8. The van der Waals surface area contributed by atoms with Crippen molar-refractivity contribution in [2.45, 2.75) is 37.8 Å². The fraction of sp³-hybridized carbons (Fsp3) is 0.478. The number of piperidine rings is 2. The van der Waals surface area contributed by atoms with Crippen LogP contribution < -0.4 is 4.90 Å². The highest BCUT2D eigenvalue weighted by Gasteiger charge is 2.32. The quantitative estimate of drug-likeness (QED) is 0.609. The first-order valence-corrected chi connectivity index (χ1v) is 11.5. The van der Waals surface area contributed by atoms with E-state index >= 15 is 0 Å². The van der Waals surface area contributed by atoms with Crippen LogP contribution in [0, 0.1) is 5.92 Å². The zero-order valence-corrected chi connectivity index (χ0v) is 18.7. The number of aliphatic hydroxyl groups is 1. The molecule has 3 nitrogen and oxygen atoms in total. The van der Waals surface area contributed by atoms with E-state index < -0.39 is 0 Å². The highest BCUT2D eigenvalue weighted by atomic mass is 35.5. The lowest BCUT2D eigenvalue weighted by atomic mass is 9.87. The average Bonchev–Trinajstić information content (AvgIpc) is 2.71. The first-order valence-electron chi connectivity index (χ1n) is 10.4. The molecule has 2 atom stereocenters. The van der Waals surface area contributed by atoms with Crippen molar-refractivity contribution >= 4 is 40.5 Å². The van der Waals surface area contributed by atoms with E-state index in [0.29, 0.717) is 10.9 Å². The predicted molar refractivity (Wildman–Crippen MR) is 122 cm³/mol. The van der Waals surface area contributed by atoms with Crippen LogP contribution in [-0.4, -0.2) is 42.3 Å². The minimum absolute atomic E-state index is 0.125. The summed E-state index contributed by atoms with van der Waals surface area (Å²) in [6, 6.07) is 14.1. The lowest BCUT2D eigenvalue weighted by Gasteiger charge is -2.43. The van der Waals surface area contributed by atoms with Gasteiger partial charge in [-0.2, -0.15) is 0 Å². The van der Waals surface area contributed by atoms with Crippen LogP contribution in [0.4, 0.5) is 5.69 Å². The molecular weight excluding hydrogens is 427 g/mol. The molecule has 2 fully saturated rings. The monoisotopic (exact) mass is 452 g/mol. The number of likely N-dealkylation sites (tertiary alicyclic amines) is 1. The predicted octanol–water partition coefficient (Wildman–Crippen LogP) is 6.06. The van der Waals surface area contributed by atoms with E-state index in [0.717, 1.165) is 67.5 Å². The molecule has 0 bridgehead atoms. The van der Waals surface area contributed by atoms with Gasteiger partial charge >= 0.3 is 0 Å². The average molecular weight is 454 g/mol. The minimum Gasteiger partial charge on any atom is -0.393 e. The first kappa shape index (κ1) is 21.3. The Morgan fingerprint density at radius 2 is 1.55 bits per heavy atom. The highest BCUT2D eigenvalue weighted by molar-refractivity contribution is 6.35. The van der Waals surface area contributed by atoms with Gasteiger partial charge < -0.3 is 14.9 Å². The molecule has 29 heavy (non-hydrogen) atoms. The van der Waals surface area contributed by atoms with Crippen LogP contribution >= 0.6 is 34.8 Å². The van der Waals surface area contributed by atoms with Gasteiger partial charge in [-0.25, -0.2) is 0 Å². The van der Waals surface area contributed by atoms with Crippen molar-refractivity contribution < 1.29 is 5.11 Å². The molecule has 0 aromatic heterocycles. The fourth-order valence-corrected chi connectivity index (χ4v) is 5.34. The van der Waals surface area contributed by atoms with Gasteiger partial charge in [-0.15, -0.1) is 0 Å². The summed E-state index contributed by atoms with van der Waals surface area (Å²) < 4.78 is 0. The molecule has 6 heteroatoms. The number of anilines is 1. The molecule has 2 aromatic carbocycles. The highest BCUT2D eigenvalue weighted by Crippen LogP contribution is 2.40. The van der Waals surface area contributed by atoms with Crippen molar-refractivity contribution in [2.24, 2.45) is 5.92 Å². The summed E-state index contributed by atoms with van der Waals surface area (Å²) in [7, 11) is 0.